The molecule has 0 unspecified atom stereocenters. The van der Waals surface area contributed by atoms with Crippen molar-refractivity contribution in [2.24, 2.45) is 0 Å². The van der Waals surface area contributed by atoms with Crippen LogP contribution in [-0.2, 0) is 4.74 Å². The first-order valence-electron chi connectivity index (χ1n) is 8.77. The molecule has 25 heavy (non-hydrogen) atoms. The fraction of sp³-hybridized carbons (Fsp3) is 0.625. The molecule has 3 heterocycles. The number of nitrogens with zero attached hydrogens (tertiary/aromatic N) is 5. The zero-order chi connectivity index (χ0) is 17.6. The van der Waals surface area contributed by atoms with Crippen molar-refractivity contribution in [2.45, 2.75) is 39.2 Å². The number of hydrogen-bond acceptors (Lipinski definition) is 7. The van der Waals surface area contributed by atoms with E-state index in [1.165, 1.54) is 25.9 Å². The maximum atomic E-state index is 11.7. The van der Waals surface area contributed by atoms with Crippen LogP contribution in [0.1, 0.15) is 33.1 Å². The summed E-state index contributed by atoms with van der Waals surface area (Å²) in [4.78, 5) is 18.5. The molecule has 1 aliphatic rings. The Hall–Kier alpha value is -2.42. The minimum Gasteiger partial charge on any atom is -0.447 e. The van der Waals surface area contributed by atoms with Crippen LogP contribution in [-0.4, -0.2) is 62.9 Å². The van der Waals surface area contributed by atoms with Gasteiger partial charge >= 0.3 is 6.09 Å². The van der Waals surface area contributed by atoms with Crippen molar-refractivity contribution in [3.8, 4) is 0 Å². The molecule has 2 N–H and O–H groups in total. The molecule has 136 valence electrons. The topological polar surface area (TPSA) is 96.7 Å². The number of carbonyl (C=O) groups is 1. The van der Waals surface area contributed by atoms with Gasteiger partial charge in [-0.25, -0.2) is 9.78 Å². The van der Waals surface area contributed by atoms with Crippen molar-refractivity contribution in [3.63, 3.8) is 0 Å². The SMILES string of the molecule is CC(C)OC(=O)Nc1nnc2c(NCCCN3CCCC3)nccn12. The van der Waals surface area contributed by atoms with Crippen LogP contribution in [0.3, 0.4) is 0 Å². The summed E-state index contributed by atoms with van der Waals surface area (Å²) in [6.07, 6.45) is 6.26. The zero-order valence-electron chi connectivity index (χ0n) is 14.7. The van der Waals surface area contributed by atoms with Crippen LogP contribution in [0.2, 0.25) is 0 Å². The van der Waals surface area contributed by atoms with E-state index in [1.807, 2.05) is 0 Å². The Labute approximate surface area is 146 Å². The number of nitrogens with one attached hydrogen (secondary N) is 2. The number of aromatic nitrogens is 4. The monoisotopic (exact) mass is 347 g/mol. The number of amides is 1. The van der Waals surface area contributed by atoms with E-state index in [0.717, 1.165) is 19.5 Å². The fourth-order valence-electron chi connectivity index (χ4n) is 2.89. The summed E-state index contributed by atoms with van der Waals surface area (Å²) in [5.74, 6) is 0.963. The second-order valence-corrected chi connectivity index (χ2v) is 6.40. The second-order valence-electron chi connectivity index (χ2n) is 6.40. The molecule has 0 atom stereocenters. The van der Waals surface area contributed by atoms with Gasteiger partial charge < -0.3 is 15.0 Å². The van der Waals surface area contributed by atoms with Crippen LogP contribution in [0.5, 0.6) is 0 Å². The van der Waals surface area contributed by atoms with Gasteiger partial charge in [0, 0.05) is 18.9 Å². The lowest BCUT2D eigenvalue weighted by atomic mass is 10.4. The molecule has 0 aromatic carbocycles. The highest BCUT2D eigenvalue weighted by atomic mass is 16.6. The number of fused-ring (bicyclic) bond motifs is 1. The van der Waals surface area contributed by atoms with E-state index >= 15 is 0 Å². The van der Waals surface area contributed by atoms with Crippen LogP contribution < -0.4 is 10.6 Å². The molecule has 0 radical (unpaired) electrons. The molecule has 3 rings (SSSR count). The average Bonchev–Trinajstić information content (AvgIpc) is 3.21. The Morgan fingerprint density at radius 3 is 2.88 bits per heavy atom. The number of carbonyl (C=O) groups excluding carboxylic acids is 1. The Morgan fingerprint density at radius 1 is 1.32 bits per heavy atom. The van der Waals surface area contributed by atoms with Crippen molar-refractivity contribution in [2.75, 3.05) is 36.8 Å². The molecule has 2 aromatic rings. The Balaban J connectivity index is 1.59. The van der Waals surface area contributed by atoms with Gasteiger partial charge in [0.05, 0.1) is 6.10 Å². The van der Waals surface area contributed by atoms with E-state index in [1.54, 1.807) is 30.6 Å². The van der Waals surface area contributed by atoms with E-state index in [9.17, 15) is 4.79 Å². The molecule has 0 aliphatic carbocycles. The summed E-state index contributed by atoms with van der Waals surface area (Å²) in [6.45, 7) is 7.90. The second kappa shape index (κ2) is 8.11. The first-order valence-corrected chi connectivity index (χ1v) is 8.77. The molecule has 0 spiro atoms. The predicted molar refractivity (Wildman–Crippen MR) is 94.8 cm³/mol. The lowest BCUT2D eigenvalue weighted by Crippen LogP contribution is -2.22. The van der Waals surface area contributed by atoms with Crippen molar-refractivity contribution in [1.29, 1.82) is 0 Å². The van der Waals surface area contributed by atoms with Crippen molar-refractivity contribution >= 4 is 23.5 Å². The third-order valence-corrected chi connectivity index (χ3v) is 4.03. The van der Waals surface area contributed by atoms with Crippen LogP contribution in [0.25, 0.3) is 5.65 Å². The number of rotatable bonds is 7. The van der Waals surface area contributed by atoms with Gasteiger partial charge in [-0.05, 0) is 52.7 Å². The summed E-state index contributed by atoms with van der Waals surface area (Å²) in [5, 5.41) is 14.0. The summed E-state index contributed by atoms with van der Waals surface area (Å²) in [7, 11) is 0. The van der Waals surface area contributed by atoms with Gasteiger partial charge in [0.2, 0.25) is 11.6 Å². The lowest BCUT2D eigenvalue weighted by molar-refractivity contribution is 0.129. The van der Waals surface area contributed by atoms with Gasteiger partial charge in [0.15, 0.2) is 5.82 Å². The first-order chi connectivity index (χ1) is 12.1. The summed E-state index contributed by atoms with van der Waals surface area (Å²) in [6, 6.07) is 0. The molecular formula is C16H25N7O2. The van der Waals surface area contributed by atoms with E-state index in [4.69, 9.17) is 4.74 Å². The van der Waals surface area contributed by atoms with Gasteiger partial charge in [0.25, 0.3) is 0 Å². The Morgan fingerprint density at radius 2 is 2.12 bits per heavy atom. The van der Waals surface area contributed by atoms with Crippen LogP contribution >= 0.6 is 0 Å². The molecule has 1 fully saturated rings. The van der Waals surface area contributed by atoms with Gasteiger partial charge in [-0.3, -0.25) is 9.72 Å². The smallest absolute Gasteiger partial charge is 0.414 e. The summed E-state index contributed by atoms with van der Waals surface area (Å²) in [5.41, 5.74) is 0.573. The molecule has 0 bridgehead atoms. The number of likely N-dealkylation sites (tertiary alicyclic amines) is 1. The van der Waals surface area contributed by atoms with Crippen LogP contribution in [0.15, 0.2) is 12.4 Å². The molecule has 9 nitrogen and oxygen atoms in total. The van der Waals surface area contributed by atoms with E-state index in [-0.39, 0.29) is 6.10 Å². The van der Waals surface area contributed by atoms with E-state index < -0.39 is 6.09 Å². The number of hydrogen-bond donors (Lipinski definition) is 2. The molecule has 1 amide bonds. The highest BCUT2D eigenvalue weighted by Crippen LogP contribution is 2.15. The van der Waals surface area contributed by atoms with Gasteiger partial charge in [-0.2, -0.15) is 0 Å². The zero-order valence-corrected chi connectivity index (χ0v) is 14.7. The average molecular weight is 347 g/mol. The third kappa shape index (κ3) is 4.56. The molecule has 1 aliphatic heterocycles. The molecule has 1 saturated heterocycles. The molecule has 0 saturated carbocycles. The molecule has 9 heteroatoms. The molecule has 2 aromatic heterocycles. The highest BCUT2D eigenvalue weighted by Gasteiger charge is 2.14. The fourth-order valence-corrected chi connectivity index (χ4v) is 2.89. The van der Waals surface area contributed by atoms with Gasteiger partial charge in [-0.1, -0.05) is 0 Å². The van der Waals surface area contributed by atoms with E-state index in [0.29, 0.717) is 17.4 Å². The predicted octanol–water partition coefficient (Wildman–Crippen LogP) is 1.98. The minimum absolute atomic E-state index is 0.200. The molecular weight excluding hydrogens is 322 g/mol. The Kier molecular flexibility index (Phi) is 5.64. The maximum absolute atomic E-state index is 11.7. The van der Waals surface area contributed by atoms with Gasteiger partial charge in [-0.15, -0.1) is 10.2 Å². The normalized spacial score (nSPS) is 15.0. The minimum atomic E-state index is -0.554. The lowest BCUT2D eigenvalue weighted by Gasteiger charge is -2.14. The quantitative estimate of drug-likeness (QED) is 0.739. The van der Waals surface area contributed by atoms with Crippen LogP contribution in [0.4, 0.5) is 16.6 Å². The Bertz CT molecular complexity index is 710. The number of ether oxygens (including phenoxy) is 1. The largest absolute Gasteiger partial charge is 0.447 e. The highest BCUT2D eigenvalue weighted by molar-refractivity contribution is 5.83. The number of anilines is 2. The summed E-state index contributed by atoms with van der Waals surface area (Å²) < 4.78 is 6.74. The van der Waals surface area contributed by atoms with Gasteiger partial charge in [0.1, 0.15) is 0 Å². The summed E-state index contributed by atoms with van der Waals surface area (Å²) >= 11 is 0. The third-order valence-electron chi connectivity index (χ3n) is 4.03. The van der Waals surface area contributed by atoms with Crippen molar-refractivity contribution in [1.82, 2.24) is 24.5 Å². The van der Waals surface area contributed by atoms with Crippen LogP contribution in [0, 0.1) is 0 Å². The maximum Gasteiger partial charge on any atom is 0.414 e. The van der Waals surface area contributed by atoms with Crippen molar-refractivity contribution in [3.05, 3.63) is 12.4 Å². The first kappa shape index (κ1) is 17.4. The standard InChI is InChI=1S/C16H25N7O2/c1-12(2)25-16(24)19-15-21-20-14-13(18-7-11-23(14)15)17-6-5-10-22-8-3-4-9-22/h7,11-12H,3-6,8-10H2,1-2H3,(H,17,18)(H,19,21,24). The van der Waals surface area contributed by atoms with Crippen molar-refractivity contribution < 1.29 is 9.53 Å². The van der Waals surface area contributed by atoms with E-state index in [2.05, 4.69) is 30.7 Å².